The van der Waals surface area contributed by atoms with Crippen LogP contribution in [-0.2, 0) is 12.8 Å². The van der Waals surface area contributed by atoms with Gasteiger partial charge < -0.3 is 10.3 Å². The second-order valence-electron chi connectivity index (χ2n) is 7.42. The Hall–Kier alpha value is -3.21. The number of fused-ring (bicyclic) bond motifs is 1. The molecule has 1 aliphatic carbocycles. The summed E-state index contributed by atoms with van der Waals surface area (Å²) in [7, 11) is 0. The number of carbonyl (C=O) groups is 1. The molecule has 0 fully saturated rings. The number of nitrogens with one attached hydrogen (secondary N) is 2. The second kappa shape index (κ2) is 7.43. The molecule has 0 radical (unpaired) electrons. The lowest BCUT2D eigenvalue weighted by atomic mass is 9.93. The summed E-state index contributed by atoms with van der Waals surface area (Å²) in [5, 5.41) is 3.08. The van der Waals surface area contributed by atoms with Gasteiger partial charge in [-0.3, -0.25) is 14.6 Å². The summed E-state index contributed by atoms with van der Waals surface area (Å²) in [6, 6.07) is 11.3. The number of pyridine rings is 2. The SMILES string of the molecule is Cc1ccc(C)c([C@H](NC(=O)c2cc3c([nH]c2=O)CCC3)c2ccncc2)c1. The molecule has 0 aliphatic heterocycles. The molecule has 0 saturated carbocycles. The normalized spacial score (nSPS) is 13.8. The number of amides is 1. The lowest BCUT2D eigenvalue weighted by Gasteiger charge is -2.22. The average Bonchev–Trinajstić information content (AvgIpc) is 3.15. The van der Waals surface area contributed by atoms with E-state index in [2.05, 4.69) is 27.4 Å². The Bertz CT molecular complexity index is 1090. The molecule has 0 bridgehead atoms. The maximum atomic E-state index is 13.1. The number of aryl methyl sites for hydroxylation is 4. The fourth-order valence-corrected chi connectivity index (χ4v) is 3.86. The molecule has 3 aromatic rings. The van der Waals surface area contributed by atoms with Crippen LogP contribution in [0.5, 0.6) is 0 Å². The molecule has 142 valence electrons. The van der Waals surface area contributed by atoms with Crippen molar-refractivity contribution in [2.24, 2.45) is 0 Å². The number of rotatable bonds is 4. The van der Waals surface area contributed by atoms with Crippen LogP contribution < -0.4 is 10.9 Å². The van der Waals surface area contributed by atoms with Gasteiger partial charge in [-0.1, -0.05) is 23.8 Å². The van der Waals surface area contributed by atoms with Crippen molar-refractivity contribution in [2.45, 2.75) is 39.2 Å². The van der Waals surface area contributed by atoms with Gasteiger partial charge in [0, 0.05) is 18.1 Å². The molecule has 28 heavy (non-hydrogen) atoms. The highest BCUT2D eigenvalue weighted by atomic mass is 16.2. The molecule has 0 unspecified atom stereocenters. The van der Waals surface area contributed by atoms with Crippen LogP contribution >= 0.6 is 0 Å². The first-order chi connectivity index (χ1) is 13.5. The number of nitrogens with zero attached hydrogens (tertiary/aromatic N) is 1. The van der Waals surface area contributed by atoms with Gasteiger partial charge in [0.05, 0.1) is 6.04 Å². The maximum Gasteiger partial charge on any atom is 0.261 e. The van der Waals surface area contributed by atoms with Crippen LogP contribution in [0.2, 0.25) is 0 Å². The Morgan fingerprint density at radius 2 is 1.89 bits per heavy atom. The summed E-state index contributed by atoms with van der Waals surface area (Å²) in [5.41, 5.74) is 6.00. The van der Waals surface area contributed by atoms with Crippen LogP contribution in [-0.4, -0.2) is 15.9 Å². The Morgan fingerprint density at radius 3 is 2.68 bits per heavy atom. The van der Waals surface area contributed by atoms with Gasteiger partial charge in [-0.25, -0.2) is 0 Å². The molecule has 5 heteroatoms. The molecule has 1 amide bonds. The summed E-state index contributed by atoms with van der Waals surface area (Å²) < 4.78 is 0. The van der Waals surface area contributed by atoms with Crippen molar-refractivity contribution < 1.29 is 4.79 Å². The van der Waals surface area contributed by atoms with Crippen molar-refractivity contribution in [1.82, 2.24) is 15.3 Å². The van der Waals surface area contributed by atoms with Crippen LogP contribution in [0.3, 0.4) is 0 Å². The van der Waals surface area contributed by atoms with Gasteiger partial charge in [0.15, 0.2) is 0 Å². The maximum absolute atomic E-state index is 13.1. The Morgan fingerprint density at radius 1 is 1.11 bits per heavy atom. The van der Waals surface area contributed by atoms with E-state index >= 15 is 0 Å². The molecule has 5 nitrogen and oxygen atoms in total. The number of carbonyl (C=O) groups excluding carboxylic acids is 1. The molecule has 2 N–H and O–H groups in total. The van der Waals surface area contributed by atoms with Crippen LogP contribution in [0.1, 0.15) is 56.3 Å². The van der Waals surface area contributed by atoms with E-state index in [-0.39, 0.29) is 23.1 Å². The highest BCUT2D eigenvalue weighted by molar-refractivity contribution is 5.94. The van der Waals surface area contributed by atoms with Crippen molar-refractivity contribution in [3.8, 4) is 0 Å². The number of aromatic amines is 1. The van der Waals surface area contributed by atoms with Crippen molar-refractivity contribution >= 4 is 5.91 Å². The first-order valence-corrected chi connectivity index (χ1v) is 9.56. The average molecular weight is 373 g/mol. The van der Waals surface area contributed by atoms with Crippen LogP contribution in [0.4, 0.5) is 0 Å². The standard InChI is InChI=1S/C23H23N3O2/c1-14-6-7-15(2)18(12-14)21(16-8-10-24-11-9-16)26-23(28)19-13-17-4-3-5-20(17)25-22(19)27/h6-13,21H,3-5H2,1-2H3,(H,25,27)(H,26,28)/t21-/m1/s1. The number of H-pyrrole nitrogens is 1. The molecule has 1 atom stereocenters. The minimum absolute atomic E-state index is 0.171. The molecule has 4 rings (SSSR count). The fraction of sp³-hybridized carbons (Fsp3) is 0.261. The van der Waals surface area contributed by atoms with E-state index in [1.165, 1.54) is 0 Å². The van der Waals surface area contributed by atoms with Gasteiger partial charge >= 0.3 is 0 Å². The molecule has 2 heterocycles. The molecular formula is C23H23N3O2. The third-order valence-corrected chi connectivity index (χ3v) is 5.39. The first-order valence-electron chi connectivity index (χ1n) is 9.56. The van der Waals surface area contributed by atoms with Crippen LogP contribution in [0.25, 0.3) is 0 Å². The summed E-state index contributed by atoms with van der Waals surface area (Å²) in [6.07, 6.45) is 6.20. The molecule has 0 saturated heterocycles. The third-order valence-electron chi connectivity index (χ3n) is 5.39. The van der Waals surface area contributed by atoms with E-state index in [0.29, 0.717) is 0 Å². The number of aromatic nitrogens is 2. The number of hydrogen-bond donors (Lipinski definition) is 2. The van der Waals surface area contributed by atoms with Crippen molar-refractivity contribution in [3.63, 3.8) is 0 Å². The highest BCUT2D eigenvalue weighted by Crippen LogP contribution is 2.26. The van der Waals surface area contributed by atoms with Crippen LogP contribution in [0.15, 0.2) is 53.6 Å². The summed E-state index contributed by atoms with van der Waals surface area (Å²) in [4.78, 5) is 32.5. The van der Waals surface area contributed by atoms with Gasteiger partial charge in [0.2, 0.25) is 0 Å². The molecule has 1 aromatic carbocycles. The van der Waals surface area contributed by atoms with Crippen molar-refractivity contribution in [1.29, 1.82) is 0 Å². The fourth-order valence-electron chi connectivity index (χ4n) is 3.86. The summed E-state index contributed by atoms with van der Waals surface area (Å²) in [6.45, 7) is 4.05. The second-order valence-corrected chi connectivity index (χ2v) is 7.42. The van der Waals surface area contributed by atoms with Gasteiger partial charge in [-0.05, 0) is 73.6 Å². The van der Waals surface area contributed by atoms with E-state index in [1.54, 1.807) is 18.5 Å². The minimum Gasteiger partial charge on any atom is -0.341 e. The monoisotopic (exact) mass is 373 g/mol. The van der Waals surface area contributed by atoms with E-state index in [4.69, 9.17) is 0 Å². The van der Waals surface area contributed by atoms with Crippen molar-refractivity contribution in [2.75, 3.05) is 0 Å². The van der Waals surface area contributed by atoms with Gasteiger partial charge in [-0.15, -0.1) is 0 Å². The lowest BCUT2D eigenvalue weighted by Crippen LogP contribution is -2.34. The molecule has 1 aliphatic rings. The van der Waals surface area contributed by atoms with Crippen molar-refractivity contribution in [3.05, 3.63) is 98.2 Å². The number of hydrogen-bond acceptors (Lipinski definition) is 3. The predicted octanol–water partition coefficient (Wildman–Crippen LogP) is 3.39. The highest BCUT2D eigenvalue weighted by Gasteiger charge is 2.23. The largest absolute Gasteiger partial charge is 0.341 e. The van der Waals surface area contributed by atoms with E-state index in [1.807, 2.05) is 32.0 Å². The molecule has 2 aromatic heterocycles. The van der Waals surface area contributed by atoms with E-state index in [0.717, 1.165) is 52.8 Å². The number of benzene rings is 1. The van der Waals surface area contributed by atoms with Gasteiger partial charge in [0.1, 0.15) is 5.56 Å². The van der Waals surface area contributed by atoms with E-state index < -0.39 is 0 Å². The first kappa shape index (κ1) is 18.2. The molecular weight excluding hydrogens is 350 g/mol. The molecule has 0 spiro atoms. The zero-order chi connectivity index (χ0) is 19.7. The Balaban J connectivity index is 1.73. The van der Waals surface area contributed by atoms with E-state index in [9.17, 15) is 9.59 Å². The minimum atomic E-state index is -0.362. The summed E-state index contributed by atoms with van der Waals surface area (Å²) in [5.74, 6) is -0.362. The predicted molar refractivity (Wildman–Crippen MR) is 109 cm³/mol. The zero-order valence-electron chi connectivity index (χ0n) is 16.1. The zero-order valence-corrected chi connectivity index (χ0v) is 16.1. The topological polar surface area (TPSA) is 74.8 Å². The van der Waals surface area contributed by atoms with Gasteiger partial charge in [-0.2, -0.15) is 0 Å². The Kier molecular flexibility index (Phi) is 4.82. The lowest BCUT2D eigenvalue weighted by molar-refractivity contribution is 0.0941. The summed E-state index contributed by atoms with van der Waals surface area (Å²) >= 11 is 0. The smallest absolute Gasteiger partial charge is 0.261 e. The third kappa shape index (κ3) is 3.48. The Labute approximate surface area is 163 Å². The van der Waals surface area contributed by atoms with Gasteiger partial charge in [0.25, 0.3) is 11.5 Å². The quantitative estimate of drug-likeness (QED) is 0.736. The van der Waals surface area contributed by atoms with Crippen LogP contribution in [0, 0.1) is 13.8 Å².